The van der Waals surface area contributed by atoms with Crippen molar-refractivity contribution in [3.05, 3.63) is 110 Å². The molecular formula is C35H34BrIN2O7S. The number of para-hydroxylation sites is 1. The average Bonchev–Trinajstić information content (AvgIpc) is 3.35. The number of thiazole rings is 1. The lowest BCUT2D eigenvalue weighted by atomic mass is 9.94. The van der Waals surface area contributed by atoms with E-state index in [2.05, 4.69) is 38.5 Å². The summed E-state index contributed by atoms with van der Waals surface area (Å²) in [5, 5.41) is 0. The number of fused-ring (bicyclic) bond motifs is 1. The molecule has 4 aromatic rings. The molecule has 0 saturated heterocycles. The Hall–Kier alpha value is -3.62. The molecule has 0 unspecified atom stereocenters. The highest BCUT2D eigenvalue weighted by atomic mass is 127. The van der Waals surface area contributed by atoms with Gasteiger partial charge in [-0.3, -0.25) is 9.36 Å². The summed E-state index contributed by atoms with van der Waals surface area (Å²) in [7, 11) is 1.55. The van der Waals surface area contributed by atoms with Crippen LogP contribution in [-0.2, 0) is 16.1 Å². The van der Waals surface area contributed by atoms with Gasteiger partial charge >= 0.3 is 5.97 Å². The monoisotopic (exact) mass is 832 g/mol. The number of rotatable bonds is 12. The number of carbonyl (C=O) groups excluding carboxylic acids is 1. The van der Waals surface area contributed by atoms with E-state index in [0.29, 0.717) is 63.4 Å². The molecular weight excluding hydrogens is 799 g/mol. The number of carbonyl (C=O) groups is 1. The molecule has 0 radical (unpaired) electrons. The molecule has 12 heteroatoms. The molecule has 1 aliphatic rings. The minimum Gasteiger partial charge on any atom is -0.493 e. The van der Waals surface area contributed by atoms with Crippen LogP contribution in [0.3, 0.4) is 0 Å². The predicted octanol–water partition coefficient (Wildman–Crippen LogP) is 6.55. The molecule has 3 aromatic carbocycles. The van der Waals surface area contributed by atoms with Crippen molar-refractivity contribution in [2.24, 2.45) is 4.99 Å². The van der Waals surface area contributed by atoms with Gasteiger partial charge in [0.2, 0.25) is 0 Å². The van der Waals surface area contributed by atoms with Gasteiger partial charge < -0.3 is 23.7 Å². The van der Waals surface area contributed by atoms with E-state index in [4.69, 9.17) is 28.7 Å². The average molecular weight is 834 g/mol. The molecule has 2 heterocycles. The molecule has 0 N–H and O–H groups in total. The zero-order valence-corrected chi connectivity index (χ0v) is 31.2. The molecule has 47 heavy (non-hydrogen) atoms. The third-order valence-corrected chi connectivity index (χ3v) is 9.57. The van der Waals surface area contributed by atoms with Crippen LogP contribution in [0.25, 0.3) is 6.08 Å². The maximum atomic E-state index is 14.3. The van der Waals surface area contributed by atoms with E-state index in [1.165, 1.54) is 15.9 Å². The van der Waals surface area contributed by atoms with Crippen LogP contribution in [0.4, 0.5) is 0 Å². The highest BCUT2D eigenvalue weighted by molar-refractivity contribution is 14.1. The molecule has 0 aliphatic carbocycles. The number of esters is 1. The van der Waals surface area contributed by atoms with Gasteiger partial charge in [-0.1, -0.05) is 51.5 Å². The maximum absolute atomic E-state index is 14.3. The van der Waals surface area contributed by atoms with Crippen molar-refractivity contribution in [3.63, 3.8) is 0 Å². The molecule has 1 atom stereocenters. The number of halogens is 2. The van der Waals surface area contributed by atoms with Crippen LogP contribution in [0.5, 0.6) is 23.0 Å². The largest absolute Gasteiger partial charge is 0.493 e. The van der Waals surface area contributed by atoms with Crippen LogP contribution < -0.4 is 33.8 Å². The third kappa shape index (κ3) is 7.44. The molecule has 0 amide bonds. The predicted molar refractivity (Wildman–Crippen MR) is 193 cm³/mol. The van der Waals surface area contributed by atoms with Gasteiger partial charge in [0.05, 0.1) is 46.3 Å². The third-order valence-electron chi connectivity index (χ3n) is 7.26. The number of ether oxygens (including phenoxy) is 5. The van der Waals surface area contributed by atoms with Crippen LogP contribution in [0.15, 0.2) is 80.1 Å². The Morgan fingerprint density at radius 3 is 2.43 bits per heavy atom. The number of nitrogens with zero attached hydrogens (tertiary/aromatic N) is 2. The SMILES string of the molecule is CCOC(=O)C1=C(C)N=c2s/c(=C/c3cc(I)c(OCc4ccc(Br)cc4)c(OCC)c3)c(=O)n2[C@@H]1c1cccc(OC)c1OCC. The first kappa shape index (κ1) is 34.7. The number of allylic oxidation sites excluding steroid dienone is 1. The lowest BCUT2D eigenvalue weighted by Gasteiger charge is -2.26. The summed E-state index contributed by atoms with van der Waals surface area (Å²) < 4.78 is 33.1. The number of hydrogen-bond acceptors (Lipinski definition) is 9. The minimum atomic E-state index is -0.849. The number of hydrogen-bond donors (Lipinski definition) is 0. The van der Waals surface area contributed by atoms with Crippen LogP contribution in [0, 0.1) is 3.57 Å². The number of aromatic nitrogens is 1. The summed E-state index contributed by atoms with van der Waals surface area (Å²) in [6.07, 6.45) is 1.81. The summed E-state index contributed by atoms with van der Waals surface area (Å²) >= 11 is 6.93. The van der Waals surface area contributed by atoms with E-state index in [9.17, 15) is 9.59 Å². The van der Waals surface area contributed by atoms with Gasteiger partial charge in [0.1, 0.15) is 12.6 Å². The molecule has 246 valence electrons. The van der Waals surface area contributed by atoms with Gasteiger partial charge in [-0.15, -0.1) is 0 Å². The highest BCUT2D eigenvalue weighted by Gasteiger charge is 2.36. The summed E-state index contributed by atoms with van der Waals surface area (Å²) in [6.45, 7) is 8.61. The topological polar surface area (TPSA) is 97.6 Å². The molecule has 0 bridgehead atoms. The lowest BCUT2D eigenvalue weighted by Crippen LogP contribution is -2.40. The normalized spacial score (nSPS) is 14.4. The first-order valence-corrected chi connectivity index (χ1v) is 17.7. The summed E-state index contributed by atoms with van der Waals surface area (Å²) in [4.78, 5) is 32.8. The number of methoxy groups -OCH3 is 1. The quantitative estimate of drug-likeness (QED) is 0.118. The van der Waals surface area contributed by atoms with Crippen molar-refractivity contribution in [3.8, 4) is 23.0 Å². The van der Waals surface area contributed by atoms with Crippen molar-refractivity contribution in [1.29, 1.82) is 0 Å². The minimum absolute atomic E-state index is 0.173. The van der Waals surface area contributed by atoms with E-state index in [0.717, 1.165) is 19.2 Å². The summed E-state index contributed by atoms with van der Waals surface area (Å²) in [6, 6.07) is 16.3. The lowest BCUT2D eigenvalue weighted by molar-refractivity contribution is -0.139. The molecule has 1 aliphatic heterocycles. The smallest absolute Gasteiger partial charge is 0.338 e. The first-order valence-electron chi connectivity index (χ1n) is 15.0. The molecule has 0 saturated carbocycles. The second kappa shape index (κ2) is 15.5. The second-order valence-electron chi connectivity index (χ2n) is 10.3. The molecule has 1 aromatic heterocycles. The zero-order valence-electron chi connectivity index (χ0n) is 26.6. The van der Waals surface area contributed by atoms with Gasteiger partial charge in [0.15, 0.2) is 27.8 Å². The van der Waals surface area contributed by atoms with Crippen LogP contribution >= 0.6 is 49.9 Å². The molecule has 5 rings (SSSR count). The van der Waals surface area contributed by atoms with Crippen LogP contribution in [0.2, 0.25) is 0 Å². The Morgan fingerprint density at radius 1 is 1.00 bits per heavy atom. The highest BCUT2D eigenvalue weighted by Crippen LogP contribution is 2.41. The fourth-order valence-electron chi connectivity index (χ4n) is 5.26. The summed E-state index contributed by atoms with van der Waals surface area (Å²) in [5.41, 5.74) is 2.80. The van der Waals surface area contributed by atoms with E-state index < -0.39 is 12.0 Å². The maximum Gasteiger partial charge on any atom is 0.338 e. The van der Waals surface area contributed by atoms with Gasteiger partial charge in [0, 0.05) is 10.0 Å². The van der Waals surface area contributed by atoms with E-state index in [1.807, 2.05) is 68.5 Å². The fourth-order valence-corrected chi connectivity index (χ4v) is 7.35. The molecule has 0 fully saturated rings. The van der Waals surface area contributed by atoms with E-state index in [1.54, 1.807) is 27.0 Å². The zero-order chi connectivity index (χ0) is 33.7. The molecule has 9 nitrogen and oxygen atoms in total. The first-order chi connectivity index (χ1) is 22.7. The standard InChI is InChI=1S/C35H34BrIN2O7S/c1-6-43-27-17-22(16-25(37)32(27)46-19-21-12-14-23(36)15-13-21)18-28-33(40)39-30(24-10-9-11-26(42-5)31(24)44-7-2)29(34(41)45-8-3)20(4)38-35(39)47-28/h9-18,30H,6-8,19H2,1-5H3/b28-18+/t30-/m1/s1. The Bertz CT molecular complexity index is 2000. The Labute approximate surface area is 298 Å². The Morgan fingerprint density at radius 2 is 1.74 bits per heavy atom. The van der Waals surface area contributed by atoms with Gasteiger partial charge in [-0.25, -0.2) is 9.79 Å². The Balaban J connectivity index is 1.63. The second-order valence-corrected chi connectivity index (χ2v) is 13.4. The van der Waals surface area contributed by atoms with Crippen molar-refractivity contribution in [2.75, 3.05) is 26.9 Å². The number of benzene rings is 3. The van der Waals surface area contributed by atoms with Gasteiger partial charge in [0.25, 0.3) is 5.56 Å². The van der Waals surface area contributed by atoms with Gasteiger partial charge in [-0.2, -0.15) is 0 Å². The van der Waals surface area contributed by atoms with Crippen molar-refractivity contribution in [1.82, 2.24) is 4.57 Å². The van der Waals surface area contributed by atoms with E-state index >= 15 is 0 Å². The van der Waals surface area contributed by atoms with E-state index in [-0.39, 0.29) is 17.7 Å². The van der Waals surface area contributed by atoms with Crippen molar-refractivity contribution >= 4 is 61.9 Å². The van der Waals surface area contributed by atoms with Crippen molar-refractivity contribution < 1.29 is 28.5 Å². The fraction of sp³-hybridized carbons (Fsp3) is 0.286. The van der Waals surface area contributed by atoms with Crippen LogP contribution in [0.1, 0.15) is 50.4 Å². The van der Waals surface area contributed by atoms with Crippen molar-refractivity contribution in [2.45, 2.75) is 40.3 Å². The Kier molecular flexibility index (Phi) is 11.5. The van der Waals surface area contributed by atoms with Crippen LogP contribution in [-0.4, -0.2) is 37.5 Å². The van der Waals surface area contributed by atoms with Gasteiger partial charge in [-0.05, 0) is 97.8 Å². The molecule has 0 spiro atoms. The summed E-state index contributed by atoms with van der Waals surface area (Å²) in [5.74, 6) is 1.60.